The Bertz CT molecular complexity index is 1090. The quantitative estimate of drug-likeness (QED) is 0.649. The molecule has 0 saturated heterocycles. The van der Waals surface area contributed by atoms with Crippen molar-refractivity contribution >= 4 is 39.2 Å². The SMILES string of the molecule is Cc1nn(C)c(NC(=O)c2ccc3c(c2)OCC(=O)N3)c1-c1ccc(Br)cc1. The minimum atomic E-state index is -0.287. The molecule has 0 aliphatic carbocycles. The summed E-state index contributed by atoms with van der Waals surface area (Å²) < 4.78 is 8.02. The molecule has 1 aliphatic heterocycles. The molecule has 1 aliphatic rings. The Morgan fingerprint density at radius 3 is 2.75 bits per heavy atom. The fourth-order valence-electron chi connectivity index (χ4n) is 3.16. The molecular weight excluding hydrogens is 424 g/mol. The zero-order valence-electron chi connectivity index (χ0n) is 15.2. The smallest absolute Gasteiger partial charge is 0.262 e. The molecule has 0 spiro atoms. The first-order valence-electron chi connectivity index (χ1n) is 8.60. The molecule has 142 valence electrons. The van der Waals surface area contributed by atoms with Crippen molar-refractivity contribution in [1.29, 1.82) is 0 Å². The summed E-state index contributed by atoms with van der Waals surface area (Å²) in [6.45, 7) is 1.84. The first-order chi connectivity index (χ1) is 13.4. The van der Waals surface area contributed by atoms with E-state index in [1.165, 1.54) is 0 Å². The highest BCUT2D eigenvalue weighted by Gasteiger charge is 2.21. The Morgan fingerprint density at radius 2 is 2.00 bits per heavy atom. The van der Waals surface area contributed by atoms with Gasteiger partial charge in [-0.05, 0) is 42.8 Å². The van der Waals surface area contributed by atoms with Crippen LogP contribution >= 0.6 is 15.9 Å². The van der Waals surface area contributed by atoms with E-state index in [2.05, 4.69) is 31.7 Å². The van der Waals surface area contributed by atoms with Gasteiger partial charge in [-0.1, -0.05) is 28.1 Å². The molecule has 8 heteroatoms. The number of benzene rings is 2. The largest absolute Gasteiger partial charge is 0.482 e. The molecule has 2 aromatic carbocycles. The van der Waals surface area contributed by atoms with Crippen molar-refractivity contribution in [1.82, 2.24) is 9.78 Å². The van der Waals surface area contributed by atoms with Crippen LogP contribution in [-0.4, -0.2) is 28.2 Å². The summed E-state index contributed by atoms with van der Waals surface area (Å²) in [5, 5.41) is 10.1. The summed E-state index contributed by atoms with van der Waals surface area (Å²) in [6.07, 6.45) is 0. The lowest BCUT2D eigenvalue weighted by Crippen LogP contribution is -2.25. The van der Waals surface area contributed by atoms with Gasteiger partial charge in [0.1, 0.15) is 11.6 Å². The average molecular weight is 441 g/mol. The van der Waals surface area contributed by atoms with E-state index in [0.29, 0.717) is 22.8 Å². The van der Waals surface area contributed by atoms with Crippen LogP contribution in [0.25, 0.3) is 11.1 Å². The van der Waals surface area contributed by atoms with Crippen LogP contribution in [0.5, 0.6) is 5.75 Å². The zero-order chi connectivity index (χ0) is 19.8. The van der Waals surface area contributed by atoms with Crippen molar-refractivity contribution in [3.05, 3.63) is 58.2 Å². The van der Waals surface area contributed by atoms with Crippen LogP contribution in [0.15, 0.2) is 46.9 Å². The molecule has 2 heterocycles. The highest BCUT2D eigenvalue weighted by Crippen LogP contribution is 2.33. The number of carbonyl (C=O) groups excluding carboxylic acids is 2. The van der Waals surface area contributed by atoms with E-state index in [1.54, 1.807) is 29.9 Å². The van der Waals surface area contributed by atoms with Gasteiger partial charge in [0.25, 0.3) is 11.8 Å². The van der Waals surface area contributed by atoms with Gasteiger partial charge in [-0.2, -0.15) is 5.10 Å². The van der Waals surface area contributed by atoms with Crippen molar-refractivity contribution in [3.63, 3.8) is 0 Å². The molecular formula is C20H17BrN4O3. The lowest BCUT2D eigenvalue weighted by atomic mass is 10.1. The summed E-state index contributed by atoms with van der Waals surface area (Å²) in [5.74, 6) is 0.581. The highest BCUT2D eigenvalue weighted by molar-refractivity contribution is 9.10. The number of nitrogens with one attached hydrogen (secondary N) is 2. The number of hydrogen-bond donors (Lipinski definition) is 2. The van der Waals surface area contributed by atoms with Gasteiger partial charge in [0.2, 0.25) is 0 Å². The van der Waals surface area contributed by atoms with Gasteiger partial charge >= 0.3 is 0 Å². The molecule has 0 fully saturated rings. The molecule has 0 saturated carbocycles. The second kappa shape index (κ2) is 7.12. The van der Waals surface area contributed by atoms with Crippen LogP contribution in [0.4, 0.5) is 11.5 Å². The monoisotopic (exact) mass is 440 g/mol. The molecule has 4 rings (SSSR count). The maximum Gasteiger partial charge on any atom is 0.262 e. The van der Waals surface area contributed by atoms with Crippen molar-refractivity contribution in [2.24, 2.45) is 7.05 Å². The molecule has 3 aromatic rings. The van der Waals surface area contributed by atoms with Crippen LogP contribution in [0.1, 0.15) is 16.1 Å². The number of aryl methyl sites for hydroxylation is 2. The van der Waals surface area contributed by atoms with Crippen LogP contribution in [0.2, 0.25) is 0 Å². The first-order valence-corrected chi connectivity index (χ1v) is 9.39. The normalized spacial score (nSPS) is 12.8. The Morgan fingerprint density at radius 1 is 1.25 bits per heavy atom. The maximum absolute atomic E-state index is 12.9. The number of hydrogen-bond acceptors (Lipinski definition) is 4. The standard InChI is InChI=1S/C20H17BrN4O3/c1-11-18(12-3-6-14(21)7-4-12)19(25(2)24-11)23-20(27)13-5-8-15-16(9-13)28-10-17(26)22-15/h3-9H,10H2,1-2H3,(H,22,26)(H,23,27). The molecule has 0 radical (unpaired) electrons. The molecule has 1 aromatic heterocycles. The first kappa shape index (κ1) is 18.2. The van der Waals surface area contributed by atoms with Gasteiger partial charge in [0.05, 0.1) is 11.4 Å². The third kappa shape index (κ3) is 3.38. The molecule has 0 bridgehead atoms. The topological polar surface area (TPSA) is 85.2 Å². The number of aromatic nitrogens is 2. The molecule has 2 N–H and O–H groups in total. The minimum absolute atomic E-state index is 0.0628. The number of anilines is 2. The second-order valence-electron chi connectivity index (χ2n) is 6.44. The van der Waals surface area contributed by atoms with E-state index in [1.807, 2.05) is 31.2 Å². The Hall–Kier alpha value is -3.13. The van der Waals surface area contributed by atoms with Crippen molar-refractivity contribution in [2.75, 3.05) is 17.2 Å². The van der Waals surface area contributed by atoms with Crippen LogP contribution in [0.3, 0.4) is 0 Å². The lowest BCUT2D eigenvalue weighted by molar-refractivity contribution is -0.118. The zero-order valence-corrected chi connectivity index (χ0v) is 16.8. The van der Waals surface area contributed by atoms with Gasteiger partial charge in [-0.3, -0.25) is 14.3 Å². The van der Waals surface area contributed by atoms with E-state index in [9.17, 15) is 9.59 Å². The molecule has 0 unspecified atom stereocenters. The Kier molecular flexibility index (Phi) is 4.64. The van der Waals surface area contributed by atoms with E-state index in [0.717, 1.165) is 21.3 Å². The maximum atomic E-state index is 12.9. The second-order valence-corrected chi connectivity index (χ2v) is 7.36. The van der Waals surface area contributed by atoms with E-state index >= 15 is 0 Å². The molecule has 7 nitrogen and oxygen atoms in total. The number of halogens is 1. The summed E-state index contributed by atoms with van der Waals surface area (Å²) in [7, 11) is 1.79. The fraction of sp³-hybridized carbons (Fsp3) is 0.150. The van der Waals surface area contributed by atoms with Gasteiger partial charge < -0.3 is 15.4 Å². The summed E-state index contributed by atoms with van der Waals surface area (Å²) >= 11 is 3.44. The number of ether oxygens (including phenoxy) is 1. The molecule has 2 amide bonds. The third-order valence-electron chi connectivity index (χ3n) is 4.46. The van der Waals surface area contributed by atoms with Crippen LogP contribution in [-0.2, 0) is 11.8 Å². The Balaban J connectivity index is 1.65. The average Bonchev–Trinajstić information content (AvgIpc) is 2.95. The van der Waals surface area contributed by atoms with Gasteiger partial charge in [-0.25, -0.2) is 0 Å². The van der Waals surface area contributed by atoms with Gasteiger partial charge in [0.15, 0.2) is 6.61 Å². The van der Waals surface area contributed by atoms with Gasteiger partial charge in [-0.15, -0.1) is 0 Å². The Labute approximate surface area is 169 Å². The summed E-state index contributed by atoms with van der Waals surface area (Å²) in [6, 6.07) is 12.8. The van der Waals surface area contributed by atoms with Crippen LogP contribution < -0.4 is 15.4 Å². The van der Waals surface area contributed by atoms with E-state index in [-0.39, 0.29) is 18.4 Å². The third-order valence-corrected chi connectivity index (χ3v) is 4.99. The van der Waals surface area contributed by atoms with Crippen molar-refractivity contribution in [2.45, 2.75) is 6.92 Å². The number of rotatable bonds is 3. The molecule has 0 atom stereocenters. The number of amides is 2. The molecule has 28 heavy (non-hydrogen) atoms. The fourth-order valence-corrected chi connectivity index (χ4v) is 3.42. The van der Waals surface area contributed by atoms with Crippen molar-refractivity contribution < 1.29 is 14.3 Å². The highest BCUT2D eigenvalue weighted by atomic mass is 79.9. The summed E-state index contributed by atoms with van der Waals surface area (Å²) in [4.78, 5) is 24.3. The number of carbonyl (C=O) groups is 2. The van der Waals surface area contributed by atoms with Crippen molar-refractivity contribution in [3.8, 4) is 16.9 Å². The minimum Gasteiger partial charge on any atom is -0.482 e. The summed E-state index contributed by atoms with van der Waals surface area (Å²) in [5.41, 5.74) is 3.62. The van der Waals surface area contributed by atoms with E-state index in [4.69, 9.17) is 4.74 Å². The number of fused-ring (bicyclic) bond motifs is 1. The van der Waals surface area contributed by atoms with Crippen LogP contribution in [0, 0.1) is 6.92 Å². The lowest BCUT2D eigenvalue weighted by Gasteiger charge is -2.18. The van der Waals surface area contributed by atoms with E-state index < -0.39 is 0 Å². The van der Waals surface area contributed by atoms with Gasteiger partial charge in [0, 0.05) is 22.6 Å². The number of nitrogens with zero attached hydrogens (tertiary/aromatic N) is 2. The predicted molar refractivity (Wildman–Crippen MR) is 110 cm³/mol. The predicted octanol–water partition coefficient (Wildman–Crippen LogP) is 3.74.